The second-order valence-corrected chi connectivity index (χ2v) is 5.29. The fourth-order valence-corrected chi connectivity index (χ4v) is 2.30. The highest BCUT2D eigenvalue weighted by atomic mass is 16.2. The van der Waals surface area contributed by atoms with Crippen LogP contribution in [0.15, 0.2) is 59.7 Å². The number of hydrazine groups is 1. The lowest BCUT2D eigenvalue weighted by Gasteiger charge is -2.28. The molecule has 24 heavy (non-hydrogen) atoms. The molecule has 7 heteroatoms. The van der Waals surface area contributed by atoms with Crippen molar-refractivity contribution >= 4 is 23.3 Å². The molecule has 2 aromatic rings. The highest BCUT2D eigenvalue weighted by molar-refractivity contribution is 6.39. The number of amides is 2. The minimum atomic E-state index is -0.387. The molecule has 2 amide bonds. The van der Waals surface area contributed by atoms with Gasteiger partial charge in [0, 0.05) is 6.20 Å². The molecule has 2 heterocycles. The summed E-state index contributed by atoms with van der Waals surface area (Å²) in [6, 6.07) is 14.3. The summed E-state index contributed by atoms with van der Waals surface area (Å²) in [5.74, 6) is -0.515. The van der Waals surface area contributed by atoms with E-state index in [-0.39, 0.29) is 30.2 Å². The van der Waals surface area contributed by atoms with E-state index in [0.29, 0.717) is 5.69 Å². The van der Waals surface area contributed by atoms with Gasteiger partial charge >= 0.3 is 0 Å². The molecule has 0 fully saturated rings. The highest BCUT2D eigenvalue weighted by Crippen LogP contribution is 2.13. The molecule has 3 rings (SSSR count). The monoisotopic (exact) mass is 323 g/mol. The first-order valence-corrected chi connectivity index (χ1v) is 7.56. The number of rotatable bonds is 4. The van der Waals surface area contributed by atoms with E-state index in [2.05, 4.69) is 20.7 Å². The molecule has 1 aliphatic heterocycles. The predicted molar refractivity (Wildman–Crippen MR) is 90.2 cm³/mol. The summed E-state index contributed by atoms with van der Waals surface area (Å²) in [5, 5.41) is 4.15. The molecule has 1 aromatic carbocycles. The summed E-state index contributed by atoms with van der Waals surface area (Å²) in [4.78, 5) is 32.6. The van der Waals surface area contributed by atoms with E-state index in [1.165, 1.54) is 5.01 Å². The Hall–Kier alpha value is -3.22. The molecule has 2 N–H and O–H groups in total. The van der Waals surface area contributed by atoms with Crippen LogP contribution in [0, 0.1) is 0 Å². The zero-order valence-electron chi connectivity index (χ0n) is 13.1. The first kappa shape index (κ1) is 15.7. The van der Waals surface area contributed by atoms with Gasteiger partial charge in [-0.1, -0.05) is 24.3 Å². The van der Waals surface area contributed by atoms with Crippen molar-refractivity contribution < 1.29 is 9.59 Å². The molecule has 1 aromatic heterocycles. The number of nitrogens with one attached hydrogen (secondary N) is 2. The number of benzene rings is 1. The van der Waals surface area contributed by atoms with Crippen molar-refractivity contribution in [1.82, 2.24) is 15.7 Å². The van der Waals surface area contributed by atoms with Gasteiger partial charge in [-0.3, -0.25) is 25.0 Å². The van der Waals surface area contributed by atoms with E-state index in [1.54, 1.807) is 18.3 Å². The average molecular weight is 323 g/mol. The molecule has 1 aliphatic rings. The van der Waals surface area contributed by atoms with E-state index >= 15 is 0 Å². The Morgan fingerprint density at radius 3 is 2.67 bits per heavy atom. The predicted octanol–water partition coefficient (Wildman–Crippen LogP) is 1.21. The molecule has 0 saturated heterocycles. The number of nitrogens with zero attached hydrogens (tertiary/aromatic N) is 3. The Bertz CT molecular complexity index is 761. The number of carbonyl (C=O) groups is 2. The lowest BCUT2D eigenvalue weighted by molar-refractivity contribution is -0.118. The Balaban J connectivity index is 1.70. The zero-order valence-corrected chi connectivity index (χ0v) is 13.1. The van der Waals surface area contributed by atoms with Gasteiger partial charge in [0.25, 0.3) is 11.8 Å². The van der Waals surface area contributed by atoms with Crippen LogP contribution in [0.25, 0.3) is 0 Å². The maximum atomic E-state index is 12.4. The van der Waals surface area contributed by atoms with Crippen LogP contribution in [0.3, 0.4) is 0 Å². The van der Waals surface area contributed by atoms with Gasteiger partial charge in [0.05, 0.1) is 17.4 Å². The van der Waals surface area contributed by atoms with E-state index in [0.717, 1.165) is 5.69 Å². The third-order valence-corrected chi connectivity index (χ3v) is 3.55. The molecule has 0 saturated carbocycles. The second kappa shape index (κ2) is 6.91. The second-order valence-electron chi connectivity index (χ2n) is 5.29. The van der Waals surface area contributed by atoms with Crippen molar-refractivity contribution in [2.24, 2.45) is 4.99 Å². The van der Waals surface area contributed by atoms with Gasteiger partial charge in [-0.25, -0.2) is 5.01 Å². The summed E-state index contributed by atoms with van der Waals surface area (Å²) < 4.78 is 0. The number of carbonyl (C=O) groups excluding carboxylic acids is 2. The molecule has 0 spiro atoms. The Kier molecular flexibility index (Phi) is 4.51. The van der Waals surface area contributed by atoms with Gasteiger partial charge in [0.15, 0.2) is 0 Å². The minimum Gasteiger partial charge on any atom is -0.341 e. The molecule has 1 unspecified atom stereocenters. The van der Waals surface area contributed by atoms with Crippen LogP contribution in [-0.2, 0) is 9.59 Å². The normalized spacial score (nSPS) is 15.3. The van der Waals surface area contributed by atoms with Crippen LogP contribution in [-0.4, -0.2) is 29.2 Å². The Labute approximate surface area is 139 Å². The molecule has 1 atom stereocenters. The summed E-state index contributed by atoms with van der Waals surface area (Å²) in [5.41, 5.74) is 4.18. The first-order chi connectivity index (χ1) is 11.6. The molecular formula is C17H17N5O2. The molecule has 122 valence electrons. The van der Waals surface area contributed by atoms with Crippen LogP contribution < -0.4 is 15.8 Å². The van der Waals surface area contributed by atoms with Crippen LogP contribution >= 0.6 is 0 Å². The van der Waals surface area contributed by atoms with Crippen LogP contribution in [0.4, 0.5) is 5.69 Å². The zero-order chi connectivity index (χ0) is 16.9. The average Bonchev–Trinajstić information content (AvgIpc) is 2.63. The number of amidine groups is 1. The maximum absolute atomic E-state index is 12.4. The summed E-state index contributed by atoms with van der Waals surface area (Å²) in [6.45, 7) is 1.76. The number of pyridine rings is 1. The molecule has 0 aliphatic carbocycles. The summed E-state index contributed by atoms with van der Waals surface area (Å²) >= 11 is 0. The van der Waals surface area contributed by atoms with Crippen LogP contribution in [0.5, 0.6) is 0 Å². The van der Waals surface area contributed by atoms with Gasteiger partial charge in [-0.15, -0.1) is 0 Å². The van der Waals surface area contributed by atoms with E-state index < -0.39 is 0 Å². The van der Waals surface area contributed by atoms with E-state index in [4.69, 9.17) is 0 Å². The van der Waals surface area contributed by atoms with Crippen molar-refractivity contribution in [1.29, 1.82) is 0 Å². The fraction of sp³-hybridized carbons (Fsp3) is 0.176. The molecular weight excluding hydrogens is 306 g/mol. The smallest absolute Gasteiger partial charge is 0.288 e. The first-order valence-electron chi connectivity index (χ1n) is 7.56. The Morgan fingerprint density at radius 2 is 1.96 bits per heavy atom. The van der Waals surface area contributed by atoms with Crippen molar-refractivity contribution in [3.05, 3.63) is 60.4 Å². The SMILES string of the molecule is CC(NC(=O)C1=NCC(=O)N(c2ccccc2)N1)c1ccccn1. The van der Waals surface area contributed by atoms with Gasteiger partial charge in [-0.2, -0.15) is 0 Å². The van der Waals surface area contributed by atoms with Crippen LogP contribution in [0.1, 0.15) is 18.7 Å². The topological polar surface area (TPSA) is 86.7 Å². The number of anilines is 1. The Morgan fingerprint density at radius 1 is 1.21 bits per heavy atom. The fourth-order valence-electron chi connectivity index (χ4n) is 2.30. The lowest BCUT2D eigenvalue weighted by atomic mass is 10.2. The number of aromatic nitrogens is 1. The van der Waals surface area contributed by atoms with Crippen molar-refractivity contribution in [3.63, 3.8) is 0 Å². The number of para-hydroxylation sites is 1. The molecule has 0 bridgehead atoms. The van der Waals surface area contributed by atoms with Gasteiger partial charge in [0.2, 0.25) is 5.84 Å². The summed E-state index contributed by atoms with van der Waals surface area (Å²) in [7, 11) is 0. The lowest BCUT2D eigenvalue weighted by Crippen LogP contribution is -2.56. The van der Waals surface area contributed by atoms with E-state index in [1.807, 2.05) is 43.3 Å². The number of aliphatic imine (C=N–C) groups is 1. The minimum absolute atomic E-state index is 0.0807. The highest BCUT2D eigenvalue weighted by Gasteiger charge is 2.26. The largest absolute Gasteiger partial charge is 0.341 e. The molecule has 0 radical (unpaired) electrons. The number of hydrogen-bond donors (Lipinski definition) is 2. The van der Waals surface area contributed by atoms with Crippen LogP contribution in [0.2, 0.25) is 0 Å². The van der Waals surface area contributed by atoms with Gasteiger partial charge < -0.3 is 5.32 Å². The van der Waals surface area contributed by atoms with Crippen molar-refractivity contribution in [2.45, 2.75) is 13.0 Å². The van der Waals surface area contributed by atoms with Crippen molar-refractivity contribution in [3.8, 4) is 0 Å². The maximum Gasteiger partial charge on any atom is 0.288 e. The third-order valence-electron chi connectivity index (χ3n) is 3.55. The third kappa shape index (κ3) is 3.40. The van der Waals surface area contributed by atoms with Gasteiger partial charge in [0.1, 0.15) is 6.54 Å². The summed E-state index contributed by atoms with van der Waals surface area (Å²) in [6.07, 6.45) is 1.67. The molecule has 7 nitrogen and oxygen atoms in total. The standard InChI is InChI=1S/C17H17N5O2/c1-12(14-9-5-6-10-18-14)20-17(24)16-19-11-15(23)22(21-16)13-7-3-2-4-8-13/h2-10,12H,11H2,1H3,(H,19,21)(H,20,24). The van der Waals surface area contributed by atoms with Crippen molar-refractivity contribution in [2.75, 3.05) is 11.6 Å². The van der Waals surface area contributed by atoms with Gasteiger partial charge in [-0.05, 0) is 31.2 Å². The van der Waals surface area contributed by atoms with E-state index in [9.17, 15) is 9.59 Å². The number of hydrogen-bond acceptors (Lipinski definition) is 5. The quantitative estimate of drug-likeness (QED) is 0.885.